The van der Waals surface area contributed by atoms with E-state index in [1.165, 1.54) is 18.4 Å². The van der Waals surface area contributed by atoms with Crippen LogP contribution in [-0.2, 0) is 11.3 Å². The molecule has 2 fully saturated rings. The second-order valence-corrected chi connectivity index (χ2v) is 10.1. The van der Waals surface area contributed by atoms with Gasteiger partial charge < -0.3 is 19.3 Å². The lowest BCUT2D eigenvalue weighted by Gasteiger charge is -2.38. The van der Waals surface area contributed by atoms with Crippen molar-refractivity contribution in [2.45, 2.75) is 58.8 Å². The van der Waals surface area contributed by atoms with Crippen LogP contribution in [0.1, 0.15) is 45.6 Å². The van der Waals surface area contributed by atoms with Crippen LogP contribution in [-0.4, -0.2) is 73.2 Å². The van der Waals surface area contributed by atoms with Crippen molar-refractivity contribution in [3.8, 4) is 11.5 Å². The van der Waals surface area contributed by atoms with E-state index in [0.29, 0.717) is 37.9 Å². The normalized spacial score (nSPS) is 28.2. The molecule has 174 valence electrons. The highest BCUT2D eigenvalue weighted by Gasteiger charge is 2.32. The number of ether oxygens (including phenoxy) is 3. The van der Waals surface area contributed by atoms with Crippen LogP contribution in [0, 0.1) is 17.8 Å². The lowest BCUT2D eigenvalue weighted by molar-refractivity contribution is -0.0755. The van der Waals surface area contributed by atoms with Crippen LogP contribution in [0.25, 0.3) is 0 Å². The van der Waals surface area contributed by atoms with Crippen LogP contribution < -0.4 is 9.47 Å². The molecule has 1 saturated carbocycles. The quantitative estimate of drug-likeness (QED) is 0.680. The Morgan fingerprint density at radius 3 is 2.58 bits per heavy atom. The molecule has 1 aromatic rings. The summed E-state index contributed by atoms with van der Waals surface area (Å²) in [6.45, 7) is 13.3. The first-order valence-electron chi connectivity index (χ1n) is 12.1. The minimum absolute atomic E-state index is 0.303. The Kier molecular flexibility index (Phi) is 7.75. The third-order valence-electron chi connectivity index (χ3n) is 7.24. The maximum absolute atomic E-state index is 10.6. The zero-order valence-electron chi connectivity index (χ0n) is 19.5. The third-order valence-corrected chi connectivity index (χ3v) is 7.24. The molecule has 1 saturated heterocycles. The first kappa shape index (κ1) is 22.8. The highest BCUT2D eigenvalue weighted by molar-refractivity contribution is 5.44. The largest absolute Gasteiger partial charge is 0.454 e. The number of hydrogen-bond donors (Lipinski definition) is 1. The molecule has 0 bridgehead atoms. The van der Waals surface area contributed by atoms with Gasteiger partial charge in [-0.05, 0) is 48.3 Å². The van der Waals surface area contributed by atoms with Crippen LogP contribution in [0.15, 0.2) is 18.2 Å². The number of β-amino-alcohol motifs (C(OH)–C–C–N with tert-alkyl or cyclic N) is 1. The van der Waals surface area contributed by atoms with Gasteiger partial charge in [-0.2, -0.15) is 0 Å². The van der Waals surface area contributed by atoms with E-state index in [2.05, 4.69) is 42.7 Å². The van der Waals surface area contributed by atoms with E-state index in [-0.39, 0.29) is 0 Å². The van der Waals surface area contributed by atoms with E-state index in [9.17, 15) is 5.11 Å². The van der Waals surface area contributed by atoms with Crippen LogP contribution in [0.2, 0.25) is 0 Å². The molecule has 2 aliphatic heterocycles. The van der Waals surface area contributed by atoms with Gasteiger partial charge in [-0.1, -0.05) is 33.3 Å². The van der Waals surface area contributed by atoms with Crippen molar-refractivity contribution in [2.24, 2.45) is 17.8 Å². The second-order valence-electron chi connectivity index (χ2n) is 10.1. The lowest BCUT2D eigenvalue weighted by Crippen LogP contribution is -2.49. The van der Waals surface area contributed by atoms with Crippen molar-refractivity contribution in [1.29, 1.82) is 0 Å². The highest BCUT2D eigenvalue weighted by Crippen LogP contribution is 2.35. The van der Waals surface area contributed by atoms with E-state index in [1.807, 2.05) is 6.07 Å². The Morgan fingerprint density at radius 1 is 1.06 bits per heavy atom. The summed E-state index contributed by atoms with van der Waals surface area (Å²) in [4.78, 5) is 4.83. The Bertz CT molecular complexity index is 705. The van der Waals surface area contributed by atoms with Gasteiger partial charge in [0.05, 0.1) is 18.8 Å². The second kappa shape index (κ2) is 10.5. The summed E-state index contributed by atoms with van der Waals surface area (Å²) < 4.78 is 17.1. The summed E-state index contributed by atoms with van der Waals surface area (Å²) in [6.07, 6.45) is 3.59. The van der Waals surface area contributed by atoms with Gasteiger partial charge in [0.25, 0.3) is 0 Å². The lowest BCUT2D eigenvalue weighted by atomic mass is 9.75. The minimum atomic E-state index is -0.412. The van der Waals surface area contributed by atoms with E-state index >= 15 is 0 Å². The number of rotatable bonds is 8. The van der Waals surface area contributed by atoms with Crippen LogP contribution >= 0.6 is 0 Å². The van der Waals surface area contributed by atoms with Gasteiger partial charge in [0.1, 0.15) is 0 Å². The Balaban J connectivity index is 1.17. The van der Waals surface area contributed by atoms with Gasteiger partial charge in [0, 0.05) is 39.3 Å². The molecule has 2 heterocycles. The number of nitrogens with zero attached hydrogens (tertiary/aromatic N) is 2. The third kappa shape index (κ3) is 6.13. The van der Waals surface area contributed by atoms with Gasteiger partial charge in [0.15, 0.2) is 11.5 Å². The Labute approximate surface area is 187 Å². The molecule has 0 spiro atoms. The first-order valence-corrected chi connectivity index (χ1v) is 12.1. The molecule has 0 radical (unpaired) electrons. The molecule has 0 unspecified atom stereocenters. The SMILES string of the molecule is CC(C)[C@H]1CC[C@@H](C)C[C@@H]1OC[C@H](O)CN1CCN(Cc2ccc3c(c2)OCO3)CC1. The predicted molar refractivity (Wildman–Crippen MR) is 121 cm³/mol. The van der Waals surface area contributed by atoms with Gasteiger partial charge in [0.2, 0.25) is 6.79 Å². The number of piperazine rings is 1. The van der Waals surface area contributed by atoms with Crippen molar-refractivity contribution >= 4 is 0 Å². The number of aliphatic hydroxyl groups is 1. The molecular formula is C25H40N2O4. The maximum atomic E-state index is 10.6. The molecule has 4 atom stereocenters. The fraction of sp³-hybridized carbons (Fsp3) is 0.760. The van der Waals surface area contributed by atoms with E-state index in [1.54, 1.807) is 0 Å². The van der Waals surface area contributed by atoms with Crippen LogP contribution in [0.3, 0.4) is 0 Å². The van der Waals surface area contributed by atoms with E-state index in [0.717, 1.165) is 56.6 Å². The minimum Gasteiger partial charge on any atom is -0.454 e. The molecule has 1 aromatic carbocycles. The van der Waals surface area contributed by atoms with E-state index in [4.69, 9.17) is 14.2 Å². The first-order chi connectivity index (χ1) is 15.0. The molecule has 0 amide bonds. The number of aliphatic hydroxyl groups excluding tert-OH is 1. The average Bonchev–Trinajstić information content (AvgIpc) is 3.21. The van der Waals surface area contributed by atoms with E-state index < -0.39 is 6.10 Å². The molecule has 0 aromatic heterocycles. The summed E-state index contributed by atoms with van der Waals surface area (Å²) in [5.74, 6) is 3.70. The maximum Gasteiger partial charge on any atom is 0.231 e. The zero-order valence-corrected chi connectivity index (χ0v) is 19.5. The molecule has 6 nitrogen and oxygen atoms in total. The molecule has 4 rings (SSSR count). The number of hydrogen-bond acceptors (Lipinski definition) is 6. The molecular weight excluding hydrogens is 392 g/mol. The van der Waals surface area contributed by atoms with Crippen molar-refractivity contribution in [3.05, 3.63) is 23.8 Å². The average molecular weight is 433 g/mol. The van der Waals surface area contributed by atoms with Crippen molar-refractivity contribution in [2.75, 3.05) is 46.1 Å². The predicted octanol–water partition coefficient (Wildman–Crippen LogP) is 3.37. The van der Waals surface area contributed by atoms with Gasteiger partial charge in [-0.3, -0.25) is 9.80 Å². The van der Waals surface area contributed by atoms with Crippen molar-refractivity contribution in [3.63, 3.8) is 0 Å². The summed E-state index contributed by atoms with van der Waals surface area (Å²) in [6, 6.07) is 6.21. The molecule has 3 aliphatic rings. The Morgan fingerprint density at radius 2 is 1.81 bits per heavy atom. The monoisotopic (exact) mass is 432 g/mol. The van der Waals surface area contributed by atoms with Gasteiger partial charge in [-0.25, -0.2) is 0 Å². The van der Waals surface area contributed by atoms with Crippen molar-refractivity contribution in [1.82, 2.24) is 9.80 Å². The number of benzene rings is 1. The fourth-order valence-electron chi connectivity index (χ4n) is 5.32. The smallest absolute Gasteiger partial charge is 0.231 e. The van der Waals surface area contributed by atoms with Crippen LogP contribution in [0.4, 0.5) is 0 Å². The zero-order chi connectivity index (χ0) is 21.8. The topological polar surface area (TPSA) is 54.4 Å². The molecule has 1 aliphatic carbocycles. The fourth-order valence-corrected chi connectivity index (χ4v) is 5.32. The van der Waals surface area contributed by atoms with Gasteiger partial charge in [-0.15, -0.1) is 0 Å². The summed E-state index contributed by atoms with van der Waals surface area (Å²) in [7, 11) is 0. The highest BCUT2D eigenvalue weighted by atomic mass is 16.7. The summed E-state index contributed by atoms with van der Waals surface area (Å²) in [5, 5.41) is 10.6. The Hall–Kier alpha value is -1.34. The van der Waals surface area contributed by atoms with Crippen LogP contribution in [0.5, 0.6) is 11.5 Å². The molecule has 31 heavy (non-hydrogen) atoms. The standard InChI is InChI=1S/C25H40N2O4/c1-18(2)22-6-4-19(3)12-24(22)29-16-21(28)15-27-10-8-26(9-11-27)14-20-5-7-23-25(13-20)31-17-30-23/h5,7,13,18-19,21-22,24,28H,4,6,8-12,14-17H2,1-3H3/t19-,21-,22-,24+/m1/s1. The van der Waals surface area contributed by atoms with Crippen molar-refractivity contribution < 1.29 is 19.3 Å². The summed E-state index contributed by atoms with van der Waals surface area (Å²) in [5.41, 5.74) is 1.26. The summed E-state index contributed by atoms with van der Waals surface area (Å²) >= 11 is 0. The molecule has 1 N–H and O–H groups in total. The number of fused-ring (bicyclic) bond motifs is 1. The van der Waals surface area contributed by atoms with Gasteiger partial charge >= 0.3 is 0 Å². The molecule has 6 heteroatoms.